The van der Waals surface area contributed by atoms with Crippen LogP contribution in [-0.2, 0) is 0 Å². The summed E-state index contributed by atoms with van der Waals surface area (Å²) in [6.07, 6.45) is 7.41. The third-order valence-electron chi connectivity index (χ3n) is 2.74. The van der Waals surface area contributed by atoms with E-state index in [4.69, 9.17) is 0 Å². The van der Waals surface area contributed by atoms with Crippen molar-refractivity contribution in [3.63, 3.8) is 0 Å². The molecule has 0 rings (SSSR count). The first-order chi connectivity index (χ1) is 6.03. The van der Waals surface area contributed by atoms with Crippen molar-refractivity contribution < 1.29 is 0 Å². The summed E-state index contributed by atoms with van der Waals surface area (Å²) in [5, 5.41) is 0. The van der Waals surface area contributed by atoms with Crippen LogP contribution in [0.4, 0.5) is 0 Å². The Labute approximate surface area is 83.0 Å². The van der Waals surface area contributed by atoms with E-state index in [9.17, 15) is 0 Å². The summed E-state index contributed by atoms with van der Waals surface area (Å²) >= 11 is 0. The molecule has 0 fully saturated rings. The van der Waals surface area contributed by atoms with Crippen LogP contribution in [0, 0.1) is 5.41 Å². The van der Waals surface area contributed by atoms with Gasteiger partial charge in [0.25, 0.3) is 0 Å². The summed E-state index contributed by atoms with van der Waals surface area (Å²) in [6, 6.07) is 0. The Balaban J connectivity index is 5.04. The maximum absolute atomic E-state index is 3.84. The van der Waals surface area contributed by atoms with Gasteiger partial charge in [-0.1, -0.05) is 45.6 Å². The highest BCUT2D eigenvalue weighted by Crippen LogP contribution is 2.35. The first-order valence-corrected chi connectivity index (χ1v) is 4.99. The Morgan fingerprint density at radius 3 is 2.00 bits per heavy atom. The topological polar surface area (TPSA) is 0 Å². The molecule has 0 aliphatic heterocycles. The zero-order chi connectivity index (χ0) is 10.5. The molecular formula is C13H22. The molecule has 0 atom stereocenters. The fraction of sp³-hybridized carbons (Fsp3) is 0.538. The fourth-order valence-electron chi connectivity index (χ4n) is 1.52. The van der Waals surface area contributed by atoms with Gasteiger partial charge in [-0.05, 0) is 36.8 Å². The van der Waals surface area contributed by atoms with Gasteiger partial charge in [0.05, 0.1) is 0 Å². The summed E-state index contributed by atoms with van der Waals surface area (Å²) in [5.74, 6) is 0. The molecule has 0 nitrogen and oxygen atoms in total. The third kappa shape index (κ3) is 2.87. The molecular weight excluding hydrogens is 156 g/mol. The van der Waals surface area contributed by atoms with Gasteiger partial charge in [0.2, 0.25) is 0 Å². The molecule has 0 unspecified atom stereocenters. The predicted molar refractivity (Wildman–Crippen MR) is 61.8 cm³/mol. The van der Waals surface area contributed by atoms with E-state index >= 15 is 0 Å². The lowest BCUT2D eigenvalue weighted by molar-refractivity contribution is 0.436. The summed E-state index contributed by atoms with van der Waals surface area (Å²) in [7, 11) is 0. The van der Waals surface area contributed by atoms with Gasteiger partial charge in [0.15, 0.2) is 0 Å². The molecule has 0 aliphatic carbocycles. The minimum Gasteiger partial charge on any atom is -0.0985 e. The standard InChI is InChI=1S/C13H22/c1-7-11(8-2)12(9-3)13(5,6)10-4/h7-9H,1,10H2,2-6H3. The average Bonchev–Trinajstić information content (AvgIpc) is 2.13. The van der Waals surface area contributed by atoms with Crippen LogP contribution in [0.5, 0.6) is 0 Å². The first kappa shape index (κ1) is 12.2. The van der Waals surface area contributed by atoms with Gasteiger partial charge in [-0.2, -0.15) is 0 Å². The van der Waals surface area contributed by atoms with Crippen LogP contribution in [-0.4, -0.2) is 0 Å². The Hall–Kier alpha value is -0.780. The van der Waals surface area contributed by atoms with Crippen LogP contribution in [0.3, 0.4) is 0 Å². The molecule has 0 bridgehead atoms. The lowest BCUT2D eigenvalue weighted by atomic mass is 9.78. The van der Waals surface area contributed by atoms with Crippen molar-refractivity contribution in [2.24, 2.45) is 5.41 Å². The SMILES string of the molecule is C=CC(=CC)C(=CC)C(C)(C)CC. The van der Waals surface area contributed by atoms with Crippen LogP contribution >= 0.6 is 0 Å². The molecule has 0 heterocycles. The molecule has 0 N–H and O–H groups in total. The minimum absolute atomic E-state index is 0.255. The molecule has 0 saturated carbocycles. The van der Waals surface area contributed by atoms with E-state index in [1.54, 1.807) is 0 Å². The normalized spacial score (nSPS) is 14.5. The maximum Gasteiger partial charge on any atom is -0.0104 e. The van der Waals surface area contributed by atoms with Gasteiger partial charge in [-0.3, -0.25) is 0 Å². The second-order valence-corrected chi connectivity index (χ2v) is 3.89. The smallest absolute Gasteiger partial charge is 0.0104 e. The molecule has 0 aromatic rings. The van der Waals surface area contributed by atoms with Crippen molar-refractivity contribution in [3.05, 3.63) is 36.0 Å². The molecule has 0 aliphatic rings. The van der Waals surface area contributed by atoms with Crippen LogP contribution in [0.2, 0.25) is 0 Å². The molecule has 74 valence electrons. The number of rotatable bonds is 4. The second kappa shape index (κ2) is 5.06. The van der Waals surface area contributed by atoms with E-state index in [-0.39, 0.29) is 5.41 Å². The average molecular weight is 178 g/mol. The molecule has 0 radical (unpaired) electrons. The highest BCUT2D eigenvalue weighted by atomic mass is 14.3. The van der Waals surface area contributed by atoms with Gasteiger partial charge < -0.3 is 0 Å². The number of hydrogen-bond acceptors (Lipinski definition) is 0. The fourth-order valence-corrected chi connectivity index (χ4v) is 1.52. The van der Waals surface area contributed by atoms with E-state index in [1.807, 2.05) is 6.08 Å². The monoisotopic (exact) mass is 178 g/mol. The van der Waals surface area contributed by atoms with E-state index in [2.05, 4.69) is 53.3 Å². The number of hydrogen-bond donors (Lipinski definition) is 0. The van der Waals surface area contributed by atoms with E-state index < -0.39 is 0 Å². The molecule has 13 heavy (non-hydrogen) atoms. The van der Waals surface area contributed by atoms with Crippen LogP contribution in [0.1, 0.15) is 41.0 Å². The Morgan fingerprint density at radius 2 is 1.77 bits per heavy atom. The zero-order valence-corrected chi connectivity index (χ0v) is 9.65. The Kier molecular flexibility index (Phi) is 4.76. The molecule has 0 heteroatoms. The molecule has 0 aromatic heterocycles. The summed E-state index contributed by atoms with van der Waals surface area (Å²) < 4.78 is 0. The lowest BCUT2D eigenvalue weighted by Crippen LogP contribution is -2.14. The largest absolute Gasteiger partial charge is 0.0985 e. The van der Waals surface area contributed by atoms with E-state index in [0.717, 1.165) is 6.42 Å². The van der Waals surface area contributed by atoms with Crippen molar-refractivity contribution in [2.75, 3.05) is 0 Å². The van der Waals surface area contributed by atoms with Gasteiger partial charge in [0.1, 0.15) is 0 Å². The second-order valence-electron chi connectivity index (χ2n) is 3.89. The van der Waals surface area contributed by atoms with Gasteiger partial charge in [-0.15, -0.1) is 0 Å². The third-order valence-corrected chi connectivity index (χ3v) is 2.74. The molecule has 0 saturated heterocycles. The van der Waals surface area contributed by atoms with E-state index in [1.165, 1.54) is 11.1 Å². The Bertz CT molecular complexity index is 226. The van der Waals surface area contributed by atoms with Crippen molar-refractivity contribution in [2.45, 2.75) is 41.0 Å². The van der Waals surface area contributed by atoms with Gasteiger partial charge in [0, 0.05) is 0 Å². The zero-order valence-electron chi connectivity index (χ0n) is 9.65. The molecule has 0 amide bonds. The van der Waals surface area contributed by atoms with Crippen LogP contribution in [0.15, 0.2) is 36.0 Å². The van der Waals surface area contributed by atoms with Crippen molar-refractivity contribution in [3.8, 4) is 0 Å². The molecule has 0 spiro atoms. The van der Waals surface area contributed by atoms with Crippen molar-refractivity contribution >= 4 is 0 Å². The summed E-state index contributed by atoms with van der Waals surface area (Å²) in [6.45, 7) is 14.8. The predicted octanol–water partition coefficient (Wildman–Crippen LogP) is 4.50. The van der Waals surface area contributed by atoms with Gasteiger partial charge in [-0.25, -0.2) is 0 Å². The van der Waals surface area contributed by atoms with E-state index in [0.29, 0.717) is 0 Å². The number of allylic oxidation sites excluding steroid dienone is 5. The highest BCUT2D eigenvalue weighted by Gasteiger charge is 2.21. The quantitative estimate of drug-likeness (QED) is 0.556. The van der Waals surface area contributed by atoms with Crippen LogP contribution < -0.4 is 0 Å². The molecule has 0 aromatic carbocycles. The first-order valence-electron chi connectivity index (χ1n) is 4.99. The minimum atomic E-state index is 0.255. The Morgan fingerprint density at radius 1 is 1.23 bits per heavy atom. The lowest BCUT2D eigenvalue weighted by Gasteiger charge is -2.27. The van der Waals surface area contributed by atoms with Gasteiger partial charge >= 0.3 is 0 Å². The van der Waals surface area contributed by atoms with Crippen LogP contribution in [0.25, 0.3) is 0 Å². The highest BCUT2D eigenvalue weighted by molar-refractivity contribution is 5.41. The summed E-state index contributed by atoms with van der Waals surface area (Å²) in [5.41, 5.74) is 2.91. The van der Waals surface area contributed by atoms with Crippen molar-refractivity contribution in [1.29, 1.82) is 0 Å². The summed E-state index contributed by atoms with van der Waals surface area (Å²) in [4.78, 5) is 0. The van der Waals surface area contributed by atoms with Crippen molar-refractivity contribution in [1.82, 2.24) is 0 Å². The maximum atomic E-state index is 3.84.